The van der Waals surface area contributed by atoms with Gasteiger partial charge in [0.15, 0.2) is 0 Å². The van der Waals surface area contributed by atoms with Crippen LogP contribution in [-0.2, 0) is 6.42 Å². The average molecular weight is 364 g/mol. The number of fused-ring (bicyclic) bond motifs is 3. The summed E-state index contributed by atoms with van der Waals surface area (Å²) < 4.78 is 18.0. The molecule has 0 bridgehead atoms. The number of benzene rings is 2. The molecule has 2 aliphatic heterocycles. The van der Waals surface area contributed by atoms with E-state index < -0.39 is 0 Å². The van der Waals surface area contributed by atoms with Crippen molar-refractivity contribution in [1.82, 2.24) is 0 Å². The molecule has 4 rings (SSSR count). The topological polar surface area (TPSA) is 47.9 Å². The van der Waals surface area contributed by atoms with Crippen molar-refractivity contribution in [3.8, 4) is 23.0 Å². The van der Waals surface area contributed by atoms with Crippen LogP contribution in [0.2, 0.25) is 0 Å². The van der Waals surface area contributed by atoms with E-state index in [2.05, 4.69) is 26.5 Å². The van der Waals surface area contributed by atoms with Crippen molar-refractivity contribution in [2.45, 2.75) is 32.3 Å². The summed E-state index contributed by atoms with van der Waals surface area (Å²) in [5, 5.41) is 9.80. The minimum absolute atomic E-state index is 0.139. The van der Waals surface area contributed by atoms with E-state index in [-0.39, 0.29) is 11.4 Å². The molecule has 2 aliphatic rings. The van der Waals surface area contributed by atoms with Gasteiger partial charge in [0.1, 0.15) is 41.8 Å². The highest BCUT2D eigenvalue weighted by Gasteiger charge is 2.30. The Morgan fingerprint density at radius 3 is 2.93 bits per heavy atom. The Hall–Kier alpha value is -2.88. The molecule has 0 saturated heterocycles. The fourth-order valence-electron chi connectivity index (χ4n) is 3.60. The fraction of sp³-hybridized carbons (Fsp3) is 0.304. The molecule has 0 radical (unpaired) electrons. The van der Waals surface area contributed by atoms with E-state index in [9.17, 15) is 5.11 Å². The SMILES string of the molecule is C=CCOc1cc(O)ccc1C1=Cc2ccc3c(c2OC1)CCC(C)(C)O3. The molecule has 0 amide bonds. The Morgan fingerprint density at radius 2 is 2.11 bits per heavy atom. The number of hydrogen-bond acceptors (Lipinski definition) is 4. The van der Waals surface area contributed by atoms with E-state index in [1.54, 1.807) is 18.2 Å². The molecule has 0 aromatic heterocycles. The summed E-state index contributed by atoms with van der Waals surface area (Å²) >= 11 is 0. The predicted octanol–water partition coefficient (Wildman–Crippen LogP) is 4.99. The van der Waals surface area contributed by atoms with E-state index in [0.29, 0.717) is 19.0 Å². The summed E-state index contributed by atoms with van der Waals surface area (Å²) in [6.07, 6.45) is 5.73. The van der Waals surface area contributed by atoms with E-state index in [1.807, 2.05) is 18.2 Å². The fourth-order valence-corrected chi connectivity index (χ4v) is 3.60. The lowest BCUT2D eigenvalue weighted by Gasteiger charge is -2.34. The van der Waals surface area contributed by atoms with Crippen LogP contribution in [0.5, 0.6) is 23.0 Å². The van der Waals surface area contributed by atoms with Gasteiger partial charge in [0, 0.05) is 28.3 Å². The van der Waals surface area contributed by atoms with Crippen molar-refractivity contribution in [3.05, 3.63) is 59.7 Å². The number of phenolic OH excluding ortho intramolecular Hbond substituents is 1. The maximum absolute atomic E-state index is 9.80. The third-order valence-corrected chi connectivity index (χ3v) is 4.98. The molecular weight excluding hydrogens is 340 g/mol. The predicted molar refractivity (Wildman–Crippen MR) is 107 cm³/mol. The van der Waals surface area contributed by atoms with Crippen LogP contribution in [0.3, 0.4) is 0 Å². The highest BCUT2D eigenvalue weighted by Crippen LogP contribution is 2.44. The summed E-state index contributed by atoms with van der Waals surface area (Å²) in [6, 6.07) is 9.22. The molecule has 4 nitrogen and oxygen atoms in total. The number of rotatable bonds is 4. The molecular formula is C23H24O4. The molecule has 0 spiro atoms. The van der Waals surface area contributed by atoms with Crippen LogP contribution in [0, 0.1) is 0 Å². The maximum Gasteiger partial charge on any atom is 0.133 e. The Morgan fingerprint density at radius 1 is 1.26 bits per heavy atom. The number of hydrogen-bond donors (Lipinski definition) is 1. The monoisotopic (exact) mass is 364 g/mol. The molecule has 0 atom stereocenters. The first-order valence-corrected chi connectivity index (χ1v) is 9.22. The van der Waals surface area contributed by atoms with Crippen LogP contribution in [0.1, 0.15) is 37.0 Å². The van der Waals surface area contributed by atoms with Gasteiger partial charge in [0.05, 0.1) is 0 Å². The lowest BCUT2D eigenvalue weighted by atomic mass is 9.91. The van der Waals surface area contributed by atoms with Gasteiger partial charge in [-0.25, -0.2) is 0 Å². The van der Waals surface area contributed by atoms with E-state index in [0.717, 1.165) is 46.6 Å². The van der Waals surface area contributed by atoms with Crippen LogP contribution in [0.4, 0.5) is 0 Å². The molecule has 0 unspecified atom stereocenters. The first-order valence-electron chi connectivity index (χ1n) is 9.22. The van der Waals surface area contributed by atoms with Gasteiger partial charge in [-0.3, -0.25) is 0 Å². The smallest absolute Gasteiger partial charge is 0.133 e. The summed E-state index contributed by atoms with van der Waals surface area (Å²) in [4.78, 5) is 0. The zero-order chi connectivity index (χ0) is 19.0. The summed E-state index contributed by atoms with van der Waals surface area (Å²) in [5.74, 6) is 2.63. The summed E-state index contributed by atoms with van der Waals surface area (Å²) in [6.45, 7) is 8.74. The Labute approximate surface area is 159 Å². The molecule has 1 N–H and O–H groups in total. The molecule has 4 heteroatoms. The number of aromatic hydroxyl groups is 1. The second kappa shape index (κ2) is 6.69. The molecule has 0 saturated carbocycles. The van der Waals surface area contributed by atoms with Gasteiger partial charge in [0.25, 0.3) is 0 Å². The van der Waals surface area contributed by atoms with Crippen molar-refractivity contribution in [2.75, 3.05) is 13.2 Å². The van der Waals surface area contributed by atoms with Gasteiger partial charge in [-0.05, 0) is 57.0 Å². The molecule has 2 heterocycles. The van der Waals surface area contributed by atoms with Gasteiger partial charge >= 0.3 is 0 Å². The van der Waals surface area contributed by atoms with Crippen LogP contribution >= 0.6 is 0 Å². The standard InChI is InChI=1S/C23H24O4/c1-4-11-25-21-13-17(24)6-7-18(21)16-12-15-5-8-20-19(22(15)26-14-16)9-10-23(2,3)27-20/h4-8,12-13,24H,1,9-11,14H2,2-3H3. The number of phenols is 1. The van der Waals surface area contributed by atoms with Gasteiger partial charge < -0.3 is 19.3 Å². The first-order chi connectivity index (χ1) is 13.0. The lowest BCUT2D eigenvalue weighted by molar-refractivity contribution is 0.0834. The second-order valence-electron chi connectivity index (χ2n) is 7.56. The van der Waals surface area contributed by atoms with E-state index >= 15 is 0 Å². The van der Waals surface area contributed by atoms with Crippen molar-refractivity contribution in [2.24, 2.45) is 0 Å². The molecule has 0 fully saturated rings. The van der Waals surface area contributed by atoms with Gasteiger partial charge in [-0.1, -0.05) is 12.7 Å². The minimum Gasteiger partial charge on any atom is -0.508 e. The highest BCUT2D eigenvalue weighted by atomic mass is 16.5. The van der Waals surface area contributed by atoms with Crippen molar-refractivity contribution in [3.63, 3.8) is 0 Å². The highest BCUT2D eigenvalue weighted by molar-refractivity contribution is 5.88. The van der Waals surface area contributed by atoms with E-state index in [4.69, 9.17) is 14.2 Å². The molecule has 2 aromatic rings. The van der Waals surface area contributed by atoms with Gasteiger partial charge in [0.2, 0.25) is 0 Å². The third-order valence-electron chi connectivity index (χ3n) is 4.98. The summed E-state index contributed by atoms with van der Waals surface area (Å²) in [5.41, 5.74) is 3.98. The largest absolute Gasteiger partial charge is 0.508 e. The maximum atomic E-state index is 9.80. The van der Waals surface area contributed by atoms with Crippen molar-refractivity contribution in [1.29, 1.82) is 0 Å². The second-order valence-corrected chi connectivity index (χ2v) is 7.56. The van der Waals surface area contributed by atoms with Gasteiger partial charge in [-0.2, -0.15) is 0 Å². The quantitative estimate of drug-likeness (QED) is 0.776. The minimum atomic E-state index is -0.139. The Kier molecular flexibility index (Phi) is 4.34. The van der Waals surface area contributed by atoms with Gasteiger partial charge in [-0.15, -0.1) is 0 Å². The van der Waals surface area contributed by atoms with Crippen LogP contribution in [0.25, 0.3) is 11.6 Å². The molecule has 140 valence electrons. The van der Waals surface area contributed by atoms with Crippen LogP contribution in [-0.4, -0.2) is 23.9 Å². The van der Waals surface area contributed by atoms with Crippen LogP contribution < -0.4 is 14.2 Å². The zero-order valence-electron chi connectivity index (χ0n) is 15.7. The Balaban J connectivity index is 1.72. The normalized spacial score (nSPS) is 16.9. The first kappa shape index (κ1) is 17.5. The Bertz CT molecular complexity index is 924. The van der Waals surface area contributed by atoms with Crippen molar-refractivity contribution >= 4 is 11.6 Å². The zero-order valence-corrected chi connectivity index (χ0v) is 15.7. The summed E-state index contributed by atoms with van der Waals surface area (Å²) in [7, 11) is 0. The van der Waals surface area contributed by atoms with E-state index in [1.165, 1.54) is 0 Å². The van der Waals surface area contributed by atoms with Crippen LogP contribution in [0.15, 0.2) is 43.0 Å². The van der Waals surface area contributed by atoms with Crippen molar-refractivity contribution < 1.29 is 19.3 Å². The average Bonchev–Trinajstić information content (AvgIpc) is 2.65. The molecule has 0 aliphatic carbocycles. The molecule has 27 heavy (non-hydrogen) atoms. The third kappa shape index (κ3) is 3.39. The lowest BCUT2D eigenvalue weighted by Crippen LogP contribution is -2.33. The number of ether oxygens (including phenoxy) is 3. The molecule has 2 aromatic carbocycles.